The van der Waals surface area contributed by atoms with Crippen molar-refractivity contribution in [1.82, 2.24) is 0 Å². The van der Waals surface area contributed by atoms with Crippen LogP contribution in [0.2, 0.25) is 0 Å². The Bertz CT molecular complexity index is 364. The fourth-order valence-corrected chi connectivity index (χ4v) is 4.13. The smallest absolute Gasteiger partial charge is 0.204 e. The van der Waals surface area contributed by atoms with E-state index < -0.39 is 0 Å². The molecule has 1 aliphatic rings. The summed E-state index contributed by atoms with van der Waals surface area (Å²) in [5.41, 5.74) is 0. The lowest BCUT2D eigenvalue weighted by atomic mass is 10.1. The Morgan fingerprint density at radius 1 is 0.615 bits per heavy atom. The molecule has 0 fully saturated rings. The SMILES string of the molecule is CCCCCCCCCC[N+]1(CCCCCCCCCC)C=CN=C1C. The van der Waals surface area contributed by atoms with Gasteiger partial charge >= 0.3 is 0 Å². The maximum atomic E-state index is 4.60. The lowest BCUT2D eigenvalue weighted by Gasteiger charge is -2.31. The van der Waals surface area contributed by atoms with E-state index in [9.17, 15) is 0 Å². The van der Waals surface area contributed by atoms with Crippen molar-refractivity contribution in [2.24, 2.45) is 4.99 Å². The Balaban J connectivity index is 2.14. The molecule has 2 nitrogen and oxygen atoms in total. The molecule has 0 aromatic rings. The van der Waals surface area contributed by atoms with Crippen LogP contribution < -0.4 is 0 Å². The third kappa shape index (κ3) is 9.90. The van der Waals surface area contributed by atoms with Crippen LogP contribution in [0.5, 0.6) is 0 Å². The van der Waals surface area contributed by atoms with Crippen LogP contribution in [0.1, 0.15) is 124 Å². The molecule has 0 spiro atoms. The summed E-state index contributed by atoms with van der Waals surface area (Å²) < 4.78 is 1.05. The van der Waals surface area contributed by atoms with Crippen molar-refractivity contribution < 1.29 is 4.48 Å². The fraction of sp³-hybridized carbons (Fsp3) is 0.875. The van der Waals surface area contributed by atoms with Crippen LogP contribution >= 0.6 is 0 Å². The van der Waals surface area contributed by atoms with E-state index in [-0.39, 0.29) is 0 Å². The van der Waals surface area contributed by atoms with E-state index in [1.54, 1.807) is 0 Å². The molecule has 0 N–H and O–H groups in total. The van der Waals surface area contributed by atoms with E-state index in [0.29, 0.717) is 0 Å². The molecular formula is C24H47N2+. The van der Waals surface area contributed by atoms with Crippen LogP contribution in [0.3, 0.4) is 0 Å². The zero-order valence-electron chi connectivity index (χ0n) is 18.3. The quantitative estimate of drug-likeness (QED) is 0.173. The van der Waals surface area contributed by atoms with Crippen LogP contribution in [0.25, 0.3) is 0 Å². The molecule has 1 aliphatic heterocycles. The number of rotatable bonds is 18. The van der Waals surface area contributed by atoms with E-state index in [1.165, 1.54) is 122 Å². The summed E-state index contributed by atoms with van der Waals surface area (Å²) in [5.74, 6) is 1.32. The molecule has 1 rings (SSSR count). The van der Waals surface area contributed by atoms with Crippen molar-refractivity contribution in [1.29, 1.82) is 0 Å². The van der Waals surface area contributed by atoms with E-state index in [4.69, 9.17) is 0 Å². The number of unbranched alkanes of at least 4 members (excludes halogenated alkanes) is 14. The largest absolute Gasteiger partial charge is 0.251 e. The van der Waals surface area contributed by atoms with Gasteiger partial charge in [0, 0.05) is 6.92 Å². The third-order valence-corrected chi connectivity index (χ3v) is 6.08. The Hall–Kier alpha value is -0.630. The van der Waals surface area contributed by atoms with Gasteiger partial charge in [0.2, 0.25) is 5.84 Å². The summed E-state index contributed by atoms with van der Waals surface area (Å²) in [6.07, 6.45) is 26.9. The van der Waals surface area contributed by atoms with Gasteiger partial charge in [-0.1, -0.05) is 90.9 Å². The molecule has 0 saturated carbocycles. The van der Waals surface area contributed by atoms with Gasteiger partial charge in [0.25, 0.3) is 0 Å². The van der Waals surface area contributed by atoms with Gasteiger partial charge in [-0.05, 0) is 25.7 Å². The number of hydrogen-bond acceptors (Lipinski definition) is 1. The van der Waals surface area contributed by atoms with Gasteiger partial charge in [-0.3, -0.25) is 4.48 Å². The van der Waals surface area contributed by atoms with Crippen molar-refractivity contribution >= 4 is 5.84 Å². The highest BCUT2D eigenvalue weighted by Crippen LogP contribution is 2.21. The van der Waals surface area contributed by atoms with Gasteiger partial charge in [-0.25, -0.2) is 4.99 Å². The monoisotopic (exact) mass is 363 g/mol. The van der Waals surface area contributed by atoms with Gasteiger partial charge in [-0.15, -0.1) is 0 Å². The average molecular weight is 364 g/mol. The van der Waals surface area contributed by atoms with Crippen LogP contribution in [0.4, 0.5) is 0 Å². The molecule has 0 saturated heterocycles. The minimum Gasteiger partial charge on any atom is -0.251 e. The first-order chi connectivity index (χ1) is 12.7. The molecule has 0 amide bonds. The van der Waals surface area contributed by atoms with Gasteiger partial charge in [0.1, 0.15) is 6.20 Å². The number of hydrogen-bond donors (Lipinski definition) is 0. The molecule has 0 atom stereocenters. The van der Waals surface area contributed by atoms with Crippen molar-refractivity contribution in [2.45, 2.75) is 124 Å². The van der Waals surface area contributed by atoms with E-state index in [0.717, 1.165) is 4.48 Å². The van der Waals surface area contributed by atoms with Crippen molar-refractivity contribution in [2.75, 3.05) is 13.1 Å². The number of amidine groups is 1. The molecule has 0 aliphatic carbocycles. The first kappa shape index (κ1) is 23.4. The second-order valence-electron chi connectivity index (χ2n) is 8.41. The van der Waals surface area contributed by atoms with Crippen LogP contribution in [0, 0.1) is 0 Å². The maximum absolute atomic E-state index is 4.60. The first-order valence-corrected chi connectivity index (χ1v) is 11.8. The Morgan fingerprint density at radius 3 is 1.35 bits per heavy atom. The Kier molecular flexibility index (Phi) is 13.9. The number of aliphatic imine (C=N–C) groups is 1. The van der Waals surface area contributed by atoms with E-state index in [1.807, 2.05) is 6.20 Å². The highest BCUT2D eigenvalue weighted by molar-refractivity contribution is 5.75. The minimum atomic E-state index is 1.05. The van der Waals surface area contributed by atoms with Crippen LogP contribution in [-0.2, 0) is 0 Å². The second kappa shape index (κ2) is 15.4. The molecule has 0 bridgehead atoms. The van der Waals surface area contributed by atoms with Gasteiger partial charge in [0.05, 0.1) is 19.3 Å². The molecule has 152 valence electrons. The minimum absolute atomic E-state index is 1.05. The molecule has 0 unspecified atom stereocenters. The lowest BCUT2D eigenvalue weighted by molar-refractivity contribution is -0.787. The van der Waals surface area contributed by atoms with E-state index >= 15 is 0 Å². The first-order valence-electron chi connectivity index (χ1n) is 11.8. The number of quaternary nitrogens is 1. The summed E-state index contributed by atoms with van der Waals surface area (Å²) in [4.78, 5) is 4.60. The molecular weight excluding hydrogens is 316 g/mol. The standard InChI is InChI=1S/C24H47N2/c1-4-6-8-10-12-14-16-18-21-26(23-20-25-24(26)3)22-19-17-15-13-11-9-7-5-2/h20,23H,4-19,21-22H2,1-3H3/q+1. The zero-order valence-corrected chi connectivity index (χ0v) is 18.3. The van der Waals surface area contributed by atoms with Crippen molar-refractivity contribution in [3.8, 4) is 0 Å². The third-order valence-electron chi connectivity index (χ3n) is 6.08. The predicted molar refractivity (Wildman–Crippen MR) is 117 cm³/mol. The van der Waals surface area contributed by atoms with E-state index in [2.05, 4.69) is 32.0 Å². The highest BCUT2D eigenvalue weighted by Gasteiger charge is 2.31. The van der Waals surface area contributed by atoms with Crippen molar-refractivity contribution in [3.05, 3.63) is 12.4 Å². The molecule has 2 heteroatoms. The summed E-state index contributed by atoms with van der Waals surface area (Å²) in [6.45, 7) is 9.34. The normalized spacial score (nSPS) is 15.6. The average Bonchev–Trinajstić information content (AvgIpc) is 3.00. The molecule has 0 aromatic carbocycles. The Morgan fingerprint density at radius 2 is 1.00 bits per heavy atom. The topological polar surface area (TPSA) is 12.4 Å². The molecule has 0 radical (unpaired) electrons. The summed E-state index contributed by atoms with van der Waals surface area (Å²) >= 11 is 0. The second-order valence-corrected chi connectivity index (χ2v) is 8.41. The van der Waals surface area contributed by atoms with Gasteiger partial charge in [0.15, 0.2) is 0 Å². The highest BCUT2D eigenvalue weighted by atomic mass is 15.4. The van der Waals surface area contributed by atoms with Gasteiger partial charge < -0.3 is 0 Å². The summed E-state index contributed by atoms with van der Waals surface area (Å²) in [5, 5.41) is 0. The van der Waals surface area contributed by atoms with Crippen LogP contribution in [0.15, 0.2) is 17.4 Å². The molecule has 26 heavy (non-hydrogen) atoms. The van der Waals surface area contributed by atoms with Crippen molar-refractivity contribution in [3.63, 3.8) is 0 Å². The van der Waals surface area contributed by atoms with Crippen LogP contribution in [-0.4, -0.2) is 23.4 Å². The predicted octanol–water partition coefficient (Wildman–Crippen LogP) is 7.99. The van der Waals surface area contributed by atoms with Gasteiger partial charge in [-0.2, -0.15) is 0 Å². The zero-order chi connectivity index (χ0) is 18.9. The molecule has 0 aromatic heterocycles. The summed E-state index contributed by atoms with van der Waals surface area (Å²) in [6, 6.07) is 0. The lowest BCUT2D eigenvalue weighted by Crippen LogP contribution is -2.46. The Labute approximate surface area is 164 Å². The molecule has 1 heterocycles. The number of nitrogens with zero attached hydrogens (tertiary/aromatic N) is 2. The maximum Gasteiger partial charge on any atom is 0.204 e. The summed E-state index contributed by atoms with van der Waals surface area (Å²) in [7, 11) is 0. The fourth-order valence-electron chi connectivity index (χ4n) is 4.13.